The second kappa shape index (κ2) is 20.6. The Kier molecular flexibility index (Phi) is 14.6. The molecule has 0 amide bonds. The molecule has 1 N–H and O–H groups in total. The average molecular weight is 850 g/mol. The lowest BCUT2D eigenvalue weighted by molar-refractivity contribution is -0.132. The van der Waals surface area contributed by atoms with E-state index >= 15 is 0 Å². The Labute approximate surface area is 368 Å². The highest BCUT2D eigenvalue weighted by molar-refractivity contribution is 7.29. The number of nitriles is 1. The van der Waals surface area contributed by atoms with E-state index in [4.69, 9.17) is 9.47 Å². The van der Waals surface area contributed by atoms with Gasteiger partial charge in [0.25, 0.3) is 0 Å². The van der Waals surface area contributed by atoms with Gasteiger partial charge in [-0.05, 0) is 121 Å². The van der Waals surface area contributed by atoms with Gasteiger partial charge in [0.1, 0.15) is 23.1 Å². The van der Waals surface area contributed by atoms with E-state index in [-0.39, 0.29) is 5.57 Å². The molecule has 2 atom stereocenters. The molecule has 9 heteroatoms. The fourth-order valence-electron chi connectivity index (χ4n) is 7.75. The first-order chi connectivity index (χ1) is 29.8. The van der Waals surface area contributed by atoms with Gasteiger partial charge in [-0.1, -0.05) is 96.6 Å². The fraction of sp³-hybridized carbons (Fsp3) is 0.308. The van der Waals surface area contributed by atoms with Crippen molar-refractivity contribution in [1.82, 2.24) is 4.57 Å². The van der Waals surface area contributed by atoms with Crippen LogP contribution in [0.25, 0.3) is 42.6 Å². The predicted molar refractivity (Wildman–Crippen MR) is 255 cm³/mol. The molecule has 0 aliphatic carbocycles. The lowest BCUT2D eigenvalue weighted by Gasteiger charge is -2.26. The molecule has 7 nitrogen and oxygen atoms in total. The van der Waals surface area contributed by atoms with Gasteiger partial charge in [-0.15, -0.1) is 22.7 Å². The van der Waals surface area contributed by atoms with Crippen molar-refractivity contribution in [1.29, 1.82) is 5.26 Å². The Morgan fingerprint density at radius 2 is 1.23 bits per heavy atom. The van der Waals surface area contributed by atoms with Gasteiger partial charge in [-0.3, -0.25) is 0 Å². The summed E-state index contributed by atoms with van der Waals surface area (Å²) in [4.78, 5) is 15.8. The second-order valence-corrected chi connectivity index (χ2v) is 17.8. The van der Waals surface area contributed by atoms with Crippen molar-refractivity contribution >= 4 is 72.2 Å². The monoisotopic (exact) mass is 849 g/mol. The molecule has 4 aromatic carbocycles. The Bertz CT molecular complexity index is 2520. The van der Waals surface area contributed by atoms with Gasteiger partial charge in [0.2, 0.25) is 0 Å². The molecule has 314 valence electrons. The zero-order valence-electron chi connectivity index (χ0n) is 35.6. The molecule has 7 rings (SSSR count). The minimum atomic E-state index is -1.23. The molecule has 7 aromatic rings. The van der Waals surface area contributed by atoms with Crippen LogP contribution in [0.3, 0.4) is 0 Å². The molecule has 3 heterocycles. The Balaban J connectivity index is 1.21. The molecule has 61 heavy (non-hydrogen) atoms. The topological polar surface area (TPSA) is 87.7 Å². The number of rotatable bonds is 21. The quantitative estimate of drug-likeness (QED) is 0.0572. The first kappa shape index (κ1) is 43.3. The zero-order chi connectivity index (χ0) is 42.7. The third kappa shape index (κ3) is 10.2. The van der Waals surface area contributed by atoms with Crippen molar-refractivity contribution in [3.05, 3.63) is 126 Å². The number of anilines is 3. The van der Waals surface area contributed by atoms with Gasteiger partial charge in [-0.2, -0.15) is 5.26 Å². The smallest absolute Gasteiger partial charge is 0.346 e. The maximum atomic E-state index is 11.7. The molecule has 0 radical (unpaired) electrons. The van der Waals surface area contributed by atoms with E-state index in [9.17, 15) is 15.2 Å². The van der Waals surface area contributed by atoms with Crippen LogP contribution in [0.4, 0.5) is 17.1 Å². The summed E-state index contributed by atoms with van der Waals surface area (Å²) in [7, 11) is 0. The number of aromatic nitrogens is 1. The third-order valence-corrected chi connectivity index (χ3v) is 13.9. The SMILES string of the molecule is CCCCC(CC)COc1ccc(N(c2ccc(OCC(CC)CCCC)cc2)c2ccc(-c3cc4c(s3)c3sc(C=C(C#N)C(=O)O)cc3n4-c3ccccc3)cc2)cc1. The summed E-state index contributed by atoms with van der Waals surface area (Å²) in [5.74, 6) is 1.65. The number of hydrogen-bond donors (Lipinski definition) is 1. The average Bonchev–Trinajstić information content (AvgIpc) is 3.98. The van der Waals surface area contributed by atoms with Gasteiger partial charge in [0.05, 0.1) is 33.6 Å². The number of thiophene rings is 2. The van der Waals surface area contributed by atoms with Crippen molar-refractivity contribution in [2.24, 2.45) is 11.8 Å². The molecule has 0 saturated heterocycles. The number of ether oxygens (including phenoxy) is 2. The zero-order valence-corrected chi connectivity index (χ0v) is 37.2. The maximum absolute atomic E-state index is 11.7. The molecule has 0 spiro atoms. The van der Waals surface area contributed by atoms with E-state index in [1.54, 1.807) is 11.3 Å². The normalized spacial score (nSPS) is 12.7. The van der Waals surface area contributed by atoms with Crippen LogP contribution in [-0.2, 0) is 4.79 Å². The fourth-order valence-corrected chi connectivity index (χ4v) is 10.1. The minimum absolute atomic E-state index is 0.285. The van der Waals surface area contributed by atoms with Crippen LogP contribution in [-0.4, -0.2) is 28.9 Å². The number of benzene rings is 4. The van der Waals surface area contributed by atoms with E-state index in [1.807, 2.05) is 30.3 Å². The molecule has 3 aromatic heterocycles. The number of para-hydroxylation sites is 1. The number of carboxylic acid groups (broad SMARTS) is 1. The number of unbranched alkanes of at least 4 members (excludes halogenated alkanes) is 2. The number of hydrogen-bond acceptors (Lipinski definition) is 7. The summed E-state index contributed by atoms with van der Waals surface area (Å²) in [6, 6.07) is 41.8. The van der Waals surface area contributed by atoms with Crippen LogP contribution in [0.1, 0.15) is 83.9 Å². The summed E-state index contributed by atoms with van der Waals surface area (Å²) >= 11 is 3.23. The van der Waals surface area contributed by atoms with E-state index in [0.29, 0.717) is 11.8 Å². The summed E-state index contributed by atoms with van der Waals surface area (Å²) in [6.07, 6.45) is 10.9. The van der Waals surface area contributed by atoms with Gasteiger partial charge < -0.3 is 24.0 Å². The molecular formula is C52H55N3O4S2. The number of carboxylic acids is 1. The summed E-state index contributed by atoms with van der Waals surface area (Å²) < 4.78 is 17.0. The molecule has 0 aliphatic heterocycles. The number of nitrogens with zero attached hydrogens (tertiary/aromatic N) is 3. The highest BCUT2D eigenvalue weighted by Crippen LogP contribution is 2.46. The highest BCUT2D eigenvalue weighted by atomic mass is 32.1. The van der Waals surface area contributed by atoms with Crippen LogP contribution < -0.4 is 14.4 Å². The standard InChI is InChI=1S/C52H55N3O4S2/c1-5-9-14-36(7-3)34-58-44-26-22-42(23-27-44)54(43-24-28-45(29-25-43)59-35-37(8-4)15-10-6-2)41-20-18-38(19-21-41)49-32-48-51(61-49)50-47(55(48)40-16-12-11-13-17-40)31-46(60-50)30-39(33-53)52(56)57/h11-13,16-32,36-37H,5-10,14-15,34-35H2,1-4H3,(H,56,57). The Morgan fingerprint density at radius 1 is 0.721 bits per heavy atom. The van der Waals surface area contributed by atoms with E-state index < -0.39 is 5.97 Å². The van der Waals surface area contributed by atoms with Crippen LogP contribution in [0.5, 0.6) is 11.5 Å². The van der Waals surface area contributed by atoms with Crippen molar-refractivity contribution < 1.29 is 19.4 Å². The van der Waals surface area contributed by atoms with Crippen molar-refractivity contribution in [3.63, 3.8) is 0 Å². The van der Waals surface area contributed by atoms with Gasteiger partial charge in [-0.25, -0.2) is 4.79 Å². The lowest BCUT2D eigenvalue weighted by atomic mass is 10.0. The summed E-state index contributed by atoms with van der Waals surface area (Å²) in [5.41, 5.74) is 6.99. The number of carbonyl (C=O) groups is 1. The molecule has 0 aliphatic rings. The summed E-state index contributed by atoms with van der Waals surface area (Å²) in [6.45, 7) is 10.4. The van der Waals surface area contributed by atoms with Gasteiger partial charge in [0, 0.05) is 32.5 Å². The molecule has 0 bridgehead atoms. The minimum Gasteiger partial charge on any atom is -0.493 e. The Morgan fingerprint density at radius 3 is 1.72 bits per heavy atom. The van der Waals surface area contributed by atoms with Gasteiger partial charge >= 0.3 is 5.97 Å². The van der Waals surface area contributed by atoms with Crippen LogP contribution in [0, 0.1) is 23.2 Å². The first-order valence-corrected chi connectivity index (χ1v) is 23.3. The highest BCUT2D eigenvalue weighted by Gasteiger charge is 2.21. The van der Waals surface area contributed by atoms with Crippen molar-refractivity contribution in [3.8, 4) is 33.7 Å². The van der Waals surface area contributed by atoms with Crippen LogP contribution in [0.2, 0.25) is 0 Å². The first-order valence-electron chi connectivity index (χ1n) is 21.7. The number of fused-ring (bicyclic) bond motifs is 3. The van der Waals surface area contributed by atoms with E-state index in [2.05, 4.69) is 128 Å². The number of aliphatic carboxylic acids is 1. The Hall–Kier alpha value is -5.82. The third-order valence-electron chi connectivity index (χ3n) is 11.4. The van der Waals surface area contributed by atoms with Gasteiger partial charge in [0.15, 0.2) is 0 Å². The van der Waals surface area contributed by atoms with Crippen LogP contribution in [0.15, 0.2) is 121 Å². The largest absolute Gasteiger partial charge is 0.493 e. The molecule has 0 saturated carbocycles. The van der Waals surface area contributed by atoms with E-state index in [0.717, 1.165) is 96.1 Å². The maximum Gasteiger partial charge on any atom is 0.346 e. The summed E-state index contributed by atoms with van der Waals surface area (Å²) in [5, 5.41) is 19.0. The molecule has 2 unspecified atom stereocenters. The molecular weight excluding hydrogens is 795 g/mol. The lowest BCUT2D eigenvalue weighted by Crippen LogP contribution is -2.12. The van der Waals surface area contributed by atoms with Crippen molar-refractivity contribution in [2.75, 3.05) is 18.1 Å². The van der Waals surface area contributed by atoms with Crippen molar-refractivity contribution in [2.45, 2.75) is 79.1 Å². The van der Waals surface area contributed by atoms with E-state index in [1.165, 1.54) is 55.9 Å². The predicted octanol–water partition coefficient (Wildman–Crippen LogP) is 15.2. The van der Waals surface area contributed by atoms with Crippen LogP contribution >= 0.6 is 22.7 Å². The molecule has 0 fully saturated rings. The second-order valence-electron chi connectivity index (χ2n) is 15.7.